The summed E-state index contributed by atoms with van der Waals surface area (Å²) >= 11 is 13.0. The minimum Gasteiger partial charge on any atom is -0.497 e. The van der Waals surface area contributed by atoms with Crippen LogP contribution in [0, 0.1) is 0 Å². The lowest BCUT2D eigenvalue weighted by Crippen LogP contribution is -2.33. The molecule has 0 unspecified atom stereocenters. The molecule has 1 aliphatic rings. The molecule has 0 saturated carbocycles. The molecule has 1 heterocycles. The third-order valence-electron chi connectivity index (χ3n) is 3.86. The smallest absolute Gasteiger partial charge is 0.293 e. The molecule has 2 amide bonds. The lowest BCUT2D eigenvalue weighted by molar-refractivity contribution is -0.122. The molecular weight excluding hydrogens is 409 g/mol. The maximum absolute atomic E-state index is 12.6. The number of benzene rings is 2. The van der Waals surface area contributed by atoms with Crippen LogP contribution in [0.3, 0.4) is 0 Å². The zero-order chi connectivity index (χ0) is 19.6. The first kappa shape index (κ1) is 19.5. The highest BCUT2D eigenvalue weighted by atomic mass is 35.5. The van der Waals surface area contributed by atoms with Crippen LogP contribution in [0.5, 0.6) is 5.75 Å². The first-order valence-electron chi connectivity index (χ1n) is 7.77. The molecule has 0 aliphatic carbocycles. The highest BCUT2D eigenvalue weighted by Gasteiger charge is 2.36. The van der Waals surface area contributed by atoms with Crippen LogP contribution in [-0.4, -0.2) is 35.5 Å². The van der Waals surface area contributed by atoms with Gasteiger partial charge in [0, 0.05) is 21.2 Å². The van der Waals surface area contributed by atoms with Gasteiger partial charge in [-0.1, -0.05) is 29.3 Å². The van der Waals surface area contributed by atoms with Crippen LogP contribution in [0.1, 0.15) is 15.9 Å². The number of halogens is 2. The topological polar surface area (TPSA) is 63.7 Å². The van der Waals surface area contributed by atoms with Crippen LogP contribution in [-0.2, 0) is 4.79 Å². The molecule has 2 aromatic rings. The number of imide groups is 1. The number of methoxy groups -OCH3 is 1. The maximum atomic E-state index is 12.6. The summed E-state index contributed by atoms with van der Waals surface area (Å²) < 4.78 is 5.04. The lowest BCUT2D eigenvalue weighted by Gasteiger charge is -2.11. The number of ketones is 1. The molecule has 1 saturated heterocycles. The minimum absolute atomic E-state index is 0.164. The van der Waals surface area contributed by atoms with Crippen molar-refractivity contribution in [3.05, 3.63) is 68.5 Å². The molecule has 2 aromatic carbocycles. The van der Waals surface area contributed by atoms with Gasteiger partial charge in [-0.3, -0.25) is 19.3 Å². The van der Waals surface area contributed by atoms with Crippen LogP contribution < -0.4 is 4.74 Å². The molecule has 0 spiro atoms. The summed E-state index contributed by atoms with van der Waals surface area (Å²) in [5, 5.41) is 0.212. The largest absolute Gasteiger partial charge is 0.497 e. The lowest BCUT2D eigenvalue weighted by atomic mass is 10.1. The Balaban J connectivity index is 1.79. The van der Waals surface area contributed by atoms with E-state index in [0.29, 0.717) is 26.9 Å². The Bertz CT molecular complexity index is 936. The van der Waals surface area contributed by atoms with Gasteiger partial charge in [0.15, 0.2) is 5.78 Å². The standard InChI is InChI=1S/C19H13Cl2NO4S/c1-26-12-7-5-11(6-8-12)16(23)10-22-18(24)17(27-19(22)25)9-13-14(20)3-2-4-15(13)21/h2-9H,10H2,1H3/b17-9-. The zero-order valence-corrected chi connectivity index (χ0v) is 16.4. The Morgan fingerprint density at radius 1 is 1.11 bits per heavy atom. The molecule has 1 aliphatic heterocycles. The molecule has 0 radical (unpaired) electrons. The molecule has 138 valence electrons. The van der Waals surface area contributed by atoms with Crippen molar-refractivity contribution in [2.24, 2.45) is 0 Å². The van der Waals surface area contributed by atoms with Gasteiger partial charge in [-0.2, -0.15) is 0 Å². The van der Waals surface area contributed by atoms with E-state index >= 15 is 0 Å². The number of hydrogen-bond acceptors (Lipinski definition) is 5. The van der Waals surface area contributed by atoms with Crippen molar-refractivity contribution in [2.45, 2.75) is 0 Å². The molecule has 0 aromatic heterocycles. The fraction of sp³-hybridized carbons (Fsp3) is 0.105. The van der Waals surface area contributed by atoms with E-state index in [4.69, 9.17) is 27.9 Å². The van der Waals surface area contributed by atoms with Crippen LogP contribution in [0.25, 0.3) is 6.08 Å². The molecule has 1 fully saturated rings. The summed E-state index contributed by atoms with van der Waals surface area (Å²) in [4.78, 5) is 38.3. The predicted molar refractivity (Wildman–Crippen MR) is 106 cm³/mol. The minimum atomic E-state index is -0.553. The van der Waals surface area contributed by atoms with Crippen molar-refractivity contribution in [2.75, 3.05) is 13.7 Å². The second-order valence-electron chi connectivity index (χ2n) is 5.55. The normalized spacial score (nSPS) is 15.5. The molecule has 5 nitrogen and oxygen atoms in total. The Kier molecular flexibility index (Phi) is 5.89. The third kappa shape index (κ3) is 4.18. The van der Waals surface area contributed by atoms with Crippen molar-refractivity contribution >= 4 is 58.0 Å². The zero-order valence-electron chi connectivity index (χ0n) is 14.1. The number of ether oxygens (including phenoxy) is 1. The second kappa shape index (κ2) is 8.17. The number of nitrogens with zero attached hydrogens (tertiary/aromatic N) is 1. The quantitative estimate of drug-likeness (QED) is 0.506. The van der Waals surface area contributed by atoms with Crippen LogP contribution >= 0.6 is 35.0 Å². The number of carbonyl (C=O) groups excluding carboxylic acids is 3. The number of amides is 2. The average molecular weight is 422 g/mol. The molecule has 0 N–H and O–H groups in total. The Hall–Kier alpha value is -2.28. The molecule has 0 atom stereocenters. The first-order valence-corrected chi connectivity index (χ1v) is 9.34. The molecule has 27 heavy (non-hydrogen) atoms. The van der Waals surface area contributed by atoms with E-state index in [1.807, 2.05) is 0 Å². The molecule has 0 bridgehead atoms. The predicted octanol–water partition coefficient (Wildman–Crippen LogP) is 4.92. The second-order valence-corrected chi connectivity index (χ2v) is 7.36. The van der Waals surface area contributed by atoms with Crippen molar-refractivity contribution in [3.8, 4) is 5.75 Å². The molecule has 8 heteroatoms. The van der Waals surface area contributed by atoms with E-state index in [-0.39, 0.29) is 17.2 Å². The van der Waals surface area contributed by atoms with Gasteiger partial charge in [0.05, 0.1) is 18.6 Å². The van der Waals surface area contributed by atoms with Crippen LogP contribution in [0.2, 0.25) is 10.0 Å². The Labute approximate surface area is 169 Å². The maximum Gasteiger partial charge on any atom is 0.293 e. The number of thioether (sulfide) groups is 1. The van der Waals surface area contributed by atoms with E-state index in [1.54, 1.807) is 42.5 Å². The highest BCUT2D eigenvalue weighted by Crippen LogP contribution is 2.35. The summed E-state index contributed by atoms with van der Waals surface area (Å²) in [6.45, 7) is -0.343. The fourth-order valence-electron chi connectivity index (χ4n) is 2.43. The third-order valence-corrected chi connectivity index (χ3v) is 5.43. The van der Waals surface area contributed by atoms with Gasteiger partial charge < -0.3 is 4.74 Å². The van der Waals surface area contributed by atoms with Crippen LogP contribution in [0.15, 0.2) is 47.4 Å². The van der Waals surface area contributed by atoms with E-state index in [1.165, 1.54) is 13.2 Å². The Morgan fingerprint density at radius 2 is 1.74 bits per heavy atom. The van der Waals surface area contributed by atoms with Gasteiger partial charge in [0.25, 0.3) is 11.1 Å². The first-order chi connectivity index (χ1) is 12.9. The van der Waals surface area contributed by atoms with Crippen molar-refractivity contribution in [1.29, 1.82) is 0 Å². The average Bonchev–Trinajstić information content (AvgIpc) is 2.92. The monoisotopic (exact) mass is 421 g/mol. The Morgan fingerprint density at radius 3 is 2.33 bits per heavy atom. The number of hydrogen-bond donors (Lipinski definition) is 0. The molecule has 3 rings (SSSR count). The van der Waals surface area contributed by atoms with E-state index < -0.39 is 11.1 Å². The number of carbonyl (C=O) groups is 3. The van der Waals surface area contributed by atoms with Gasteiger partial charge in [-0.05, 0) is 54.2 Å². The van der Waals surface area contributed by atoms with Gasteiger partial charge >= 0.3 is 0 Å². The number of rotatable bonds is 5. The van der Waals surface area contributed by atoms with Crippen molar-refractivity contribution in [3.63, 3.8) is 0 Å². The van der Waals surface area contributed by atoms with E-state index in [2.05, 4.69) is 0 Å². The van der Waals surface area contributed by atoms with E-state index in [0.717, 1.165) is 16.7 Å². The van der Waals surface area contributed by atoms with Gasteiger partial charge in [-0.15, -0.1) is 0 Å². The SMILES string of the molecule is COc1ccc(C(=O)CN2C(=O)S/C(=C\c3c(Cl)cccc3Cl)C2=O)cc1. The van der Waals surface area contributed by atoms with Gasteiger partial charge in [0.1, 0.15) is 5.75 Å². The summed E-state index contributed by atoms with van der Waals surface area (Å²) in [5.41, 5.74) is 0.834. The fourth-order valence-corrected chi connectivity index (χ4v) is 3.75. The summed E-state index contributed by atoms with van der Waals surface area (Å²) in [7, 11) is 1.52. The van der Waals surface area contributed by atoms with Crippen molar-refractivity contribution < 1.29 is 19.1 Å². The van der Waals surface area contributed by atoms with Gasteiger partial charge in [0.2, 0.25) is 0 Å². The van der Waals surface area contributed by atoms with Gasteiger partial charge in [-0.25, -0.2) is 0 Å². The van der Waals surface area contributed by atoms with Crippen LogP contribution in [0.4, 0.5) is 4.79 Å². The van der Waals surface area contributed by atoms with E-state index in [9.17, 15) is 14.4 Å². The summed E-state index contributed by atoms with van der Waals surface area (Å²) in [6, 6.07) is 11.4. The number of Topliss-reactive ketones (excluding diaryl/α,β-unsaturated/α-hetero) is 1. The summed E-state index contributed by atoms with van der Waals surface area (Å²) in [6.07, 6.45) is 1.47. The summed E-state index contributed by atoms with van der Waals surface area (Å²) in [5.74, 6) is -0.294. The highest BCUT2D eigenvalue weighted by molar-refractivity contribution is 8.18. The van der Waals surface area contributed by atoms with Crippen molar-refractivity contribution in [1.82, 2.24) is 4.90 Å². The molecular formula is C19H13Cl2NO4S.